The second-order valence-electron chi connectivity index (χ2n) is 0.384. The number of hydrogen-bond acceptors (Lipinski definition) is 2. The van der Waals surface area contributed by atoms with E-state index in [1.807, 2.05) is 0 Å². The van der Waals surface area contributed by atoms with Crippen LogP contribution in [-0.2, 0) is 25.4 Å². The lowest BCUT2D eigenvalue weighted by Gasteiger charge is -1.81. The highest BCUT2D eigenvalue weighted by molar-refractivity contribution is 8.23. The quantitative estimate of drug-likeness (QED) is 0.521. The third kappa shape index (κ3) is 4.49. The van der Waals surface area contributed by atoms with Crippen molar-refractivity contribution in [1.29, 1.82) is 0 Å². The second kappa shape index (κ2) is 2.71. The predicted octanol–water partition coefficient (Wildman–Crippen LogP) is 0.101. The summed E-state index contributed by atoms with van der Waals surface area (Å²) in [6.45, 7) is 0. The van der Waals surface area contributed by atoms with Gasteiger partial charge in [-0.2, -0.15) is 0 Å². The fourth-order valence-corrected chi connectivity index (χ4v) is 0. The van der Waals surface area contributed by atoms with Crippen molar-refractivity contribution < 1.29 is 8.74 Å². The van der Waals surface area contributed by atoms with Gasteiger partial charge in [-0.25, -0.2) is 0 Å². The van der Waals surface area contributed by atoms with Gasteiger partial charge in [0.05, 0.1) is 7.11 Å². The Morgan fingerprint density at radius 3 is 2.20 bits per heavy atom. The van der Waals surface area contributed by atoms with Crippen LogP contribution in [0.2, 0.25) is 0 Å². The van der Waals surface area contributed by atoms with Crippen molar-refractivity contribution in [3.05, 3.63) is 0 Å². The van der Waals surface area contributed by atoms with E-state index in [9.17, 15) is 0 Å². The van der Waals surface area contributed by atoms with Crippen molar-refractivity contribution in [1.82, 2.24) is 0 Å². The first-order valence-corrected chi connectivity index (χ1v) is 2.96. The van der Waals surface area contributed by atoms with E-state index >= 15 is 0 Å². The molecule has 0 saturated carbocycles. The molecule has 0 saturated heterocycles. The third-order valence-electron chi connectivity index (χ3n) is 0.143. The van der Waals surface area contributed by atoms with E-state index in [-0.39, 0.29) is 0 Å². The smallest absolute Gasteiger partial charge is 0.145 e. The van der Waals surface area contributed by atoms with Crippen LogP contribution in [0.25, 0.3) is 0 Å². The molecule has 5 heavy (non-hydrogen) atoms. The van der Waals surface area contributed by atoms with Crippen LogP contribution in [-0.4, -0.2) is 11.7 Å². The molecule has 1 N–H and O–H groups in total. The maximum absolute atomic E-state index is 7.98. The van der Waals surface area contributed by atoms with E-state index in [1.54, 1.807) is 0 Å². The summed E-state index contributed by atoms with van der Waals surface area (Å²) in [6.07, 6.45) is 0. The van der Waals surface area contributed by atoms with Gasteiger partial charge in [0, 0.05) is 11.2 Å². The highest BCUT2D eigenvalue weighted by Crippen LogP contribution is 1.66. The standard InChI is InChI=1S/CH4O2S2/c1-3-5(2)4/h1H3,(H,2,4). The molecule has 1 unspecified atom stereocenters. The average molecular weight is 112 g/mol. The first kappa shape index (κ1) is 5.49. The van der Waals surface area contributed by atoms with Gasteiger partial charge in [-0.15, -0.1) is 0 Å². The molecule has 4 heteroatoms. The van der Waals surface area contributed by atoms with E-state index in [1.165, 1.54) is 7.11 Å². The molecular weight excluding hydrogens is 108 g/mol. The lowest BCUT2D eigenvalue weighted by atomic mass is 11.8. The summed E-state index contributed by atoms with van der Waals surface area (Å²) in [4.78, 5) is 0. The molecule has 0 aliphatic heterocycles. The summed E-state index contributed by atoms with van der Waals surface area (Å²) >= 11 is 4.14. The summed E-state index contributed by atoms with van der Waals surface area (Å²) in [7, 11) is 0.118. The normalized spacial score (nSPS) is 14.8. The molecule has 32 valence electrons. The molecule has 0 fully saturated rings. The lowest BCUT2D eigenvalue weighted by molar-refractivity contribution is 0.426. The first-order chi connectivity index (χ1) is 2.27. The van der Waals surface area contributed by atoms with Crippen molar-refractivity contribution in [3.8, 4) is 0 Å². The molecule has 0 aliphatic carbocycles. The van der Waals surface area contributed by atoms with Crippen LogP contribution in [0.4, 0.5) is 0 Å². The van der Waals surface area contributed by atoms with Crippen LogP contribution in [0, 0.1) is 0 Å². The summed E-state index contributed by atoms with van der Waals surface area (Å²) in [5.74, 6) is 0. The van der Waals surface area contributed by atoms with Gasteiger partial charge >= 0.3 is 0 Å². The van der Waals surface area contributed by atoms with E-state index in [2.05, 4.69) is 15.4 Å². The summed E-state index contributed by atoms with van der Waals surface area (Å²) in [5, 5.41) is 0. The maximum atomic E-state index is 7.98. The van der Waals surface area contributed by atoms with Gasteiger partial charge in [-0.05, 0) is 0 Å². The molecule has 0 aliphatic rings. The Morgan fingerprint density at radius 2 is 2.20 bits per heavy atom. The monoisotopic (exact) mass is 112 g/mol. The molecule has 0 radical (unpaired) electrons. The molecular formula is CH4O2S2. The van der Waals surface area contributed by atoms with Gasteiger partial charge in [-0.1, -0.05) is 0 Å². The van der Waals surface area contributed by atoms with Crippen LogP contribution >= 0.6 is 0 Å². The van der Waals surface area contributed by atoms with Crippen molar-refractivity contribution in [2.45, 2.75) is 0 Å². The van der Waals surface area contributed by atoms with Crippen LogP contribution in [0.1, 0.15) is 0 Å². The van der Waals surface area contributed by atoms with E-state index < -0.39 is 10.0 Å². The van der Waals surface area contributed by atoms with Crippen molar-refractivity contribution >= 4 is 21.2 Å². The van der Waals surface area contributed by atoms with Gasteiger partial charge in [0.15, 0.2) is 0 Å². The average Bonchev–Trinajstić information content (AvgIpc) is 1.38. The zero-order chi connectivity index (χ0) is 4.28. The largest absolute Gasteiger partial charge is 0.306 e. The molecule has 0 aromatic rings. The summed E-state index contributed by atoms with van der Waals surface area (Å²) in [5.41, 5.74) is 0. The van der Waals surface area contributed by atoms with Crippen molar-refractivity contribution in [3.63, 3.8) is 0 Å². The lowest BCUT2D eigenvalue weighted by Crippen LogP contribution is -1.82. The Morgan fingerprint density at radius 1 is 2.00 bits per heavy atom. The second-order valence-corrected chi connectivity index (χ2v) is 2.01. The van der Waals surface area contributed by atoms with Crippen LogP contribution < -0.4 is 0 Å². The van der Waals surface area contributed by atoms with Crippen molar-refractivity contribution in [2.75, 3.05) is 7.11 Å². The van der Waals surface area contributed by atoms with E-state index in [0.29, 0.717) is 0 Å². The molecule has 0 amide bonds. The Labute approximate surface area is 37.8 Å². The minimum Gasteiger partial charge on any atom is -0.306 e. The topological polar surface area (TPSA) is 29.5 Å². The number of rotatable bonds is 1. The van der Waals surface area contributed by atoms with Crippen molar-refractivity contribution in [2.24, 2.45) is 0 Å². The summed E-state index contributed by atoms with van der Waals surface area (Å²) in [6, 6.07) is 0. The molecule has 0 bridgehead atoms. The fraction of sp³-hybridized carbons (Fsp3) is 1.00. The van der Waals surface area contributed by atoms with Gasteiger partial charge in [0.25, 0.3) is 0 Å². The zero-order valence-corrected chi connectivity index (χ0v) is 4.30. The molecule has 0 aromatic carbocycles. The SMILES string of the molecule is COS(O)=S. The third-order valence-corrected chi connectivity index (χ3v) is 0.836. The van der Waals surface area contributed by atoms with Gasteiger partial charge in [0.1, 0.15) is 10.0 Å². The molecule has 0 spiro atoms. The molecule has 0 aromatic heterocycles. The van der Waals surface area contributed by atoms with E-state index in [0.717, 1.165) is 0 Å². The highest BCUT2D eigenvalue weighted by atomic mass is 32.8. The highest BCUT2D eigenvalue weighted by Gasteiger charge is 1.68. The predicted molar refractivity (Wildman–Crippen MR) is 24.4 cm³/mol. The molecule has 0 rings (SSSR count). The molecule has 2 nitrogen and oxygen atoms in total. The Hall–Kier alpha value is 0.490. The van der Waals surface area contributed by atoms with Crippen LogP contribution in [0.5, 0.6) is 0 Å². The first-order valence-electron chi connectivity index (χ1n) is 0.924. The van der Waals surface area contributed by atoms with Crippen LogP contribution in [0.3, 0.4) is 0 Å². The van der Waals surface area contributed by atoms with Gasteiger partial charge in [0.2, 0.25) is 0 Å². The molecule has 0 heterocycles. The van der Waals surface area contributed by atoms with Gasteiger partial charge in [-0.3, -0.25) is 4.18 Å². The van der Waals surface area contributed by atoms with E-state index in [4.69, 9.17) is 4.55 Å². The minimum atomic E-state index is -1.24. The zero-order valence-electron chi connectivity index (χ0n) is 2.67. The fourth-order valence-electron chi connectivity index (χ4n) is 0. The van der Waals surface area contributed by atoms with Gasteiger partial charge < -0.3 is 4.55 Å². The summed E-state index contributed by atoms with van der Waals surface area (Å²) < 4.78 is 12.1. The maximum Gasteiger partial charge on any atom is 0.145 e. The Bertz CT molecular complexity index is 42.9. The molecule has 1 atom stereocenters. The van der Waals surface area contributed by atoms with Crippen LogP contribution in [0.15, 0.2) is 0 Å². The minimum absolute atomic E-state index is 1.24. The Kier molecular flexibility index (Phi) is 2.98. The Balaban J connectivity index is 2.85. The number of hydrogen-bond donors (Lipinski definition) is 1.